The van der Waals surface area contributed by atoms with Crippen molar-refractivity contribution in [3.8, 4) is 22.3 Å². The molecule has 0 amide bonds. The Bertz CT molecular complexity index is 2790. The van der Waals surface area contributed by atoms with E-state index in [1.165, 1.54) is 11.1 Å². The fraction of sp³-hybridized carbons (Fsp3) is 0.0847. The highest BCUT2D eigenvalue weighted by Gasteiger charge is 2.41. The van der Waals surface area contributed by atoms with Gasteiger partial charge < -0.3 is 20.3 Å². The molecule has 9 aromatic rings. The van der Waals surface area contributed by atoms with Crippen molar-refractivity contribution in [2.24, 2.45) is 0 Å². The van der Waals surface area contributed by atoms with E-state index in [0.29, 0.717) is 28.9 Å². The average Bonchev–Trinajstić information content (AvgIpc) is 3.63. The summed E-state index contributed by atoms with van der Waals surface area (Å²) in [7, 11) is 0. The minimum Gasteiger partial charge on any atom is -0.616 e. The molecule has 2 aliphatic heterocycles. The molecule has 1 N–H and O–H groups in total. The van der Waals surface area contributed by atoms with Gasteiger partial charge in [0.05, 0.1) is 11.1 Å². The van der Waals surface area contributed by atoms with E-state index < -0.39 is 4.65 Å². The second kappa shape index (κ2) is 17.0. The zero-order valence-electron chi connectivity index (χ0n) is 35.5. The summed E-state index contributed by atoms with van der Waals surface area (Å²) >= 11 is 0. The van der Waals surface area contributed by atoms with E-state index in [1.54, 1.807) is 0 Å². The first-order valence-corrected chi connectivity index (χ1v) is 22.3. The molecular formula is C59H48N4O. The van der Waals surface area contributed by atoms with E-state index >= 15 is 5.21 Å². The van der Waals surface area contributed by atoms with Crippen molar-refractivity contribution < 1.29 is 0 Å². The first-order valence-electron chi connectivity index (χ1n) is 22.3. The summed E-state index contributed by atoms with van der Waals surface area (Å²) in [5, 5.41) is 19.8. The molecule has 2 heterocycles. The van der Waals surface area contributed by atoms with Gasteiger partial charge in [0.15, 0.2) is 11.4 Å². The number of rotatable bonds is 10. The minimum absolute atomic E-state index is 0.455. The zero-order chi connectivity index (χ0) is 42.9. The summed E-state index contributed by atoms with van der Waals surface area (Å²) in [5.74, 6) is 0.962. The van der Waals surface area contributed by atoms with Gasteiger partial charge in [-0.25, -0.2) is 0 Å². The van der Waals surface area contributed by atoms with Crippen LogP contribution < -0.4 is 19.8 Å². The molecule has 1 saturated heterocycles. The van der Waals surface area contributed by atoms with Crippen LogP contribution in [0.2, 0.25) is 0 Å². The van der Waals surface area contributed by atoms with Crippen LogP contribution in [0.15, 0.2) is 237 Å². The molecule has 5 nitrogen and oxygen atoms in total. The number of piperidine rings is 1. The Balaban J connectivity index is 0.984. The van der Waals surface area contributed by atoms with Gasteiger partial charge in [0.25, 0.3) is 0 Å². The van der Waals surface area contributed by atoms with Crippen molar-refractivity contribution in [2.45, 2.75) is 18.3 Å². The van der Waals surface area contributed by atoms with Crippen LogP contribution >= 0.6 is 0 Å². The normalized spacial score (nSPS) is 16.1. The van der Waals surface area contributed by atoms with Crippen LogP contribution in [0.25, 0.3) is 22.3 Å². The molecule has 1 fully saturated rings. The third-order valence-electron chi connectivity index (χ3n) is 13.1. The SMILES string of the molecule is [O-][N+]1(c2ccc(-c3ccc(C4CNCC(c5ccccc5)C4)cc3)cc2)c2ccc(N(c3ccccc3)c3ccccc3)cc2-c2cc(N(c3ccccc3)c3ccccc3)ccc21. The van der Waals surface area contributed by atoms with E-state index in [0.717, 1.165) is 75.9 Å². The number of benzene rings is 9. The van der Waals surface area contributed by atoms with Gasteiger partial charge in [-0.2, -0.15) is 0 Å². The van der Waals surface area contributed by atoms with E-state index in [4.69, 9.17) is 0 Å². The lowest BCUT2D eigenvalue weighted by atomic mass is 9.82. The van der Waals surface area contributed by atoms with Crippen LogP contribution in [-0.4, -0.2) is 13.1 Å². The van der Waals surface area contributed by atoms with Crippen molar-refractivity contribution >= 4 is 51.2 Å². The van der Waals surface area contributed by atoms with Crippen molar-refractivity contribution in [1.82, 2.24) is 9.96 Å². The monoisotopic (exact) mass is 828 g/mol. The molecule has 11 rings (SSSR count). The summed E-state index contributed by atoms with van der Waals surface area (Å²) in [6.45, 7) is 2.00. The maximum absolute atomic E-state index is 16.1. The van der Waals surface area contributed by atoms with E-state index in [-0.39, 0.29) is 0 Å². The Kier molecular flexibility index (Phi) is 10.4. The number of nitrogens with zero attached hydrogens (tertiary/aromatic N) is 3. The number of nitrogens with one attached hydrogen (secondary N) is 1. The number of para-hydroxylation sites is 4. The van der Waals surface area contributed by atoms with Crippen LogP contribution in [-0.2, 0) is 0 Å². The first-order chi connectivity index (χ1) is 31.6. The number of fused-ring (bicyclic) bond motifs is 3. The maximum atomic E-state index is 16.1. The topological polar surface area (TPSA) is 41.6 Å². The van der Waals surface area contributed by atoms with Crippen LogP contribution in [0.3, 0.4) is 0 Å². The van der Waals surface area contributed by atoms with Gasteiger partial charge in [-0.1, -0.05) is 127 Å². The van der Waals surface area contributed by atoms with Crippen molar-refractivity contribution in [1.29, 1.82) is 0 Å². The molecule has 2 unspecified atom stereocenters. The minimum atomic E-state index is -0.699. The Morgan fingerprint density at radius 3 is 1.14 bits per heavy atom. The number of hydrogen-bond donors (Lipinski definition) is 1. The van der Waals surface area contributed by atoms with Gasteiger partial charge in [-0.05, 0) is 125 Å². The highest BCUT2D eigenvalue weighted by atomic mass is 16.5. The zero-order valence-corrected chi connectivity index (χ0v) is 35.5. The summed E-state index contributed by atoms with van der Waals surface area (Å²) in [4.78, 5) is 4.52. The lowest BCUT2D eigenvalue weighted by Crippen LogP contribution is -2.33. The van der Waals surface area contributed by atoms with Gasteiger partial charge in [0.2, 0.25) is 0 Å². The molecule has 5 heteroatoms. The average molecular weight is 829 g/mol. The summed E-state index contributed by atoms with van der Waals surface area (Å²) in [6.07, 6.45) is 1.13. The molecule has 2 atom stereocenters. The summed E-state index contributed by atoms with van der Waals surface area (Å²) < 4.78 is -0.699. The largest absolute Gasteiger partial charge is 0.616 e. The maximum Gasteiger partial charge on any atom is 0.151 e. The number of anilines is 6. The molecule has 310 valence electrons. The predicted octanol–water partition coefficient (Wildman–Crippen LogP) is 15.6. The second-order valence-corrected chi connectivity index (χ2v) is 16.9. The smallest absolute Gasteiger partial charge is 0.151 e. The second-order valence-electron chi connectivity index (χ2n) is 16.9. The Labute approximate surface area is 375 Å². The molecule has 0 saturated carbocycles. The molecule has 9 aromatic carbocycles. The molecule has 0 aliphatic carbocycles. The van der Waals surface area contributed by atoms with Crippen molar-refractivity contribution in [3.63, 3.8) is 0 Å². The third-order valence-corrected chi connectivity index (χ3v) is 13.1. The van der Waals surface area contributed by atoms with Gasteiger partial charge in [0, 0.05) is 71.5 Å². The Morgan fingerprint density at radius 2 is 0.734 bits per heavy atom. The highest BCUT2D eigenvalue weighted by Crippen LogP contribution is 2.59. The van der Waals surface area contributed by atoms with Crippen LogP contribution in [0.1, 0.15) is 29.4 Å². The van der Waals surface area contributed by atoms with Gasteiger partial charge in [0.1, 0.15) is 5.69 Å². The van der Waals surface area contributed by atoms with Gasteiger partial charge in [-0.15, -0.1) is 0 Å². The van der Waals surface area contributed by atoms with E-state index in [1.807, 2.05) is 48.5 Å². The number of hydrogen-bond acceptors (Lipinski definition) is 4. The number of quaternary nitrogens is 1. The molecule has 0 aromatic heterocycles. The lowest BCUT2D eigenvalue weighted by Gasteiger charge is -2.38. The van der Waals surface area contributed by atoms with Crippen LogP contribution in [0, 0.1) is 5.21 Å². The molecule has 0 radical (unpaired) electrons. The molecule has 2 aliphatic rings. The van der Waals surface area contributed by atoms with E-state index in [2.05, 4.69) is 203 Å². The molecule has 0 spiro atoms. The van der Waals surface area contributed by atoms with Crippen molar-refractivity contribution in [3.05, 3.63) is 253 Å². The van der Waals surface area contributed by atoms with E-state index in [9.17, 15) is 0 Å². The van der Waals surface area contributed by atoms with Gasteiger partial charge in [-0.3, -0.25) is 4.65 Å². The standard InChI is InChI=1S/C59H48N4O/c64-63(55-34-30-45(31-35-55)44-26-28-46(29-27-44)48-38-47(41-60-42-48)43-16-6-1-7-17-43)58-36-32-53(61(49-18-8-2-9-19-49)50-20-10-3-11-21-50)39-56(58)57-40-54(33-37-59(57)63)62(51-22-12-4-13-23-51)52-24-14-5-15-25-52/h1-37,39-40,47-48,60H,38,41-42H2. The summed E-state index contributed by atoms with van der Waals surface area (Å²) in [6, 6.07) is 82.5. The van der Waals surface area contributed by atoms with Crippen LogP contribution in [0.5, 0.6) is 0 Å². The fourth-order valence-corrected chi connectivity index (χ4v) is 9.90. The first kappa shape index (κ1) is 39.3. The third kappa shape index (κ3) is 7.26. The molecular weight excluding hydrogens is 781 g/mol. The Hall–Kier alpha value is -7.54. The molecule has 0 bridgehead atoms. The lowest BCUT2D eigenvalue weighted by molar-refractivity contribution is 0.413. The van der Waals surface area contributed by atoms with Gasteiger partial charge >= 0.3 is 0 Å². The van der Waals surface area contributed by atoms with Crippen molar-refractivity contribution in [2.75, 3.05) is 22.9 Å². The molecule has 64 heavy (non-hydrogen) atoms. The van der Waals surface area contributed by atoms with Crippen LogP contribution in [0.4, 0.5) is 51.2 Å². The highest BCUT2D eigenvalue weighted by molar-refractivity contribution is 6.02. The quantitative estimate of drug-likeness (QED) is 0.110. The fourth-order valence-electron chi connectivity index (χ4n) is 9.90. The predicted molar refractivity (Wildman–Crippen MR) is 267 cm³/mol. The summed E-state index contributed by atoms with van der Waals surface area (Å²) in [5.41, 5.74) is 15.0. The Morgan fingerprint density at radius 1 is 0.375 bits per heavy atom.